The van der Waals surface area contributed by atoms with E-state index in [4.69, 9.17) is 4.99 Å². The smallest absolute Gasteiger partial charge is 0.315 e. The minimum atomic E-state index is -4.41. The molecule has 5 rings (SSSR count). The van der Waals surface area contributed by atoms with E-state index in [-0.39, 0.29) is 6.04 Å². The number of rotatable bonds is 2. The van der Waals surface area contributed by atoms with Gasteiger partial charge in [-0.1, -0.05) is 60.7 Å². The summed E-state index contributed by atoms with van der Waals surface area (Å²) in [5.41, 5.74) is 4.02. The minimum Gasteiger partial charge on any atom is -0.315 e. The van der Waals surface area contributed by atoms with Gasteiger partial charge in [-0.2, -0.15) is 13.2 Å². The van der Waals surface area contributed by atoms with Crippen molar-refractivity contribution < 1.29 is 13.2 Å². The maximum Gasteiger partial charge on any atom is 0.416 e. The predicted octanol–water partition coefficient (Wildman–Crippen LogP) is 6.44. The van der Waals surface area contributed by atoms with Gasteiger partial charge in [-0.3, -0.25) is 4.99 Å². The first-order valence-corrected chi connectivity index (χ1v) is 9.60. The third-order valence-electron chi connectivity index (χ3n) is 5.32. The normalized spacial score (nSPS) is 15.7. The lowest BCUT2D eigenvalue weighted by Gasteiger charge is -2.16. The summed E-state index contributed by atoms with van der Waals surface area (Å²) in [4.78, 5) is 5.02. The fourth-order valence-electron chi connectivity index (χ4n) is 3.94. The lowest BCUT2D eigenvalue weighted by molar-refractivity contribution is -0.137. The molecule has 1 atom stereocenters. The molecule has 0 N–H and O–H groups in total. The molecule has 1 unspecified atom stereocenters. The van der Waals surface area contributed by atoms with Crippen LogP contribution in [0.4, 0.5) is 13.2 Å². The van der Waals surface area contributed by atoms with Gasteiger partial charge in [-0.05, 0) is 35.9 Å². The molecule has 1 aliphatic heterocycles. The molecule has 0 saturated carbocycles. The van der Waals surface area contributed by atoms with E-state index >= 15 is 0 Å². The van der Waals surface area contributed by atoms with Gasteiger partial charge in [0.05, 0.1) is 22.7 Å². The van der Waals surface area contributed by atoms with Gasteiger partial charge in [0, 0.05) is 17.3 Å². The van der Waals surface area contributed by atoms with E-state index in [1.165, 1.54) is 12.1 Å². The van der Waals surface area contributed by atoms with E-state index < -0.39 is 11.7 Å². The SMILES string of the molecule is FC(F)(F)c1cccc(C2=NC(c3ccccc3)c3ccccc3-n3cccc32)c1. The van der Waals surface area contributed by atoms with Crippen molar-refractivity contribution in [3.63, 3.8) is 0 Å². The van der Waals surface area contributed by atoms with Gasteiger partial charge in [0.1, 0.15) is 6.04 Å². The molecule has 2 heterocycles. The van der Waals surface area contributed by atoms with Gasteiger partial charge in [0.2, 0.25) is 0 Å². The second kappa shape index (κ2) is 7.02. The Morgan fingerprint density at radius 3 is 2.33 bits per heavy atom. The number of halogens is 3. The van der Waals surface area contributed by atoms with E-state index in [1.54, 1.807) is 6.07 Å². The number of alkyl halides is 3. The summed E-state index contributed by atoms with van der Waals surface area (Å²) in [6.07, 6.45) is -2.49. The van der Waals surface area contributed by atoms with Crippen LogP contribution >= 0.6 is 0 Å². The van der Waals surface area contributed by atoms with Gasteiger partial charge in [0.25, 0.3) is 0 Å². The van der Waals surface area contributed by atoms with Crippen molar-refractivity contribution in [1.82, 2.24) is 4.57 Å². The van der Waals surface area contributed by atoms with Gasteiger partial charge < -0.3 is 4.57 Å². The van der Waals surface area contributed by atoms with Gasteiger partial charge in [-0.25, -0.2) is 0 Å². The van der Waals surface area contributed by atoms with Crippen LogP contribution in [0.25, 0.3) is 5.69 Å². The summed E-state index contributed by atoms with van der Waals surface area (Å²) in [7, 11) is 0. The first-order chi connectivity index (χ1) is 14.5. The molecule has 0 fully saturated rings. The second-order valence-corrected chi connectivity index (χ2v) is 7.19. The molecule has 3 aromatic carbocycles. The summed E-state index contributed by atoms with van der Waals surface area (Å²) >= 11 is 0. The zero-order valence-corrected chi connectivity index (χ0v) is 15.8. The number of hydrogen-bond donors (Lipinski definition) is 0. The molecule has 0 amide bonds. The van der Waals surface area contributed by atoms with E-state index in [1.807, 2.05) is 77.5 Å². The zero-order chi connectivity index (χ0) is 20.7. The topological polar surface area (TPSA) is 17.3 Å². The fourth-order valence-corrected chi connectivity index (χ4v) is 3.94. The number of benzene rings is 3. The van der Waals surface area contributed by atoms with E-state index in [9.17, 15) is 13.2 Å². The Morgan fingerprint density at radius 2 is 1.53 bits per heavy atom. The molecule has 5 heteroatoms. The predicted molar refractivity (Wildman–Crippen MR) is 111 cm³/mol. The Hall–Kier alpha value is -3.60. The fraction of sp³-hybridized carbons (Fsp3) is 0.0800. The van der Waals surface area contributed by atoms with Crippen LogP contribution < -0.4 is 0 Å². The van der Waals surface area contributed by atoms with Gasteiger partial charge in [-0.15, -0.1) is 0 Å². The molecule has 1 aliphatic rings. The highest BCUT2D eigenvalue weighted by Crippen LogP contribution is 2.36. The first kappa shape index (κ1) is 18.4. The van der Waals surface area contributed by atoms with Crippen molar-refractivity contribution in [2.45, 2.75) is 12.2 Å². The number of hydrogen-bond acceptors (Lipinski definition) is 1. The monoisotopic (exact) mass is 402 g/mol. The summed E-state index contributed by atoms with van der Waals surface area (Å²) in [5.74, 6) is 0. The van der Waals surface area contributed by atoms with Crippen molar-refractivity contribution in [3.8, 4) is 5.69 Å². The van der Waals surface area contributed by atoms with Crippen LogP contribution in [-0.2, 0) is 6.18 Å². The Bertz CT molecular complexity index is 1240. The third-order valence-corrected chi connectivity index (χ3v) is 5.32. The molecule has 0 saturated heterocycles. The average Bonchev–Trinajstić information content (AvgIpc) is 3.19. The highest BCUT2D eigenvalue weighted by Gasteiger charge is 2.32. The molecular formula is C25H17F3N2. The zero-order valence-electron chi connectivity index (χ0n) is 15.8. The third kappa shape index (κ3) is 3.12. The molecule has 0 radical (unpaired) electrons. The molecule has 2 nitrogen and oxygen atoms in total. The maximum absolute atomic E-state index is 13.4. The molecule has 0 bridgehead atoms. The number of aromatic nitrogens is 1. The van der Waals surface area contributed by atoms with Crippen molar-refractivity contribution in [2.75, 3.05) is 0 Å². The van der Waals surface area contributed by atoms with Crippen LogP contribution in [0.2, 0.25) is 0 Å². The number of fused-ring (bicyclic) bond motifs is 3. The van der Waals surface area contributed by atoms with Crippen molar-refractivity contribution in [2.24, 2.45) is 4.99 Å². The first-order valence-electron chi connectivity index (χ1n) is 9.60. The molecule has 0 aliphatic carbocycles. The summed E-state index contributed by atoms with van der Waals surface area (Å²) in [5, 5.41) is 0. The van der Waals surface area contributed by atoms with Crippen LogP contribution in [-0.4, -0.2) is 10.3 Å². The summed E-state index contributed by atoms with van der Waals surface area (Å²) in [6.45, 7) is 0. The highest BCUT2D eigenvalue weighted by molar-refractivity contribution is 6.13. The molecule has 148 valence electrons. The quantitative estimate of drug-likeness (QED) is 0.367. The van der Waals surface area contributed by atoms with Crippen LogP contribution in [0.15, 0.2) is 102 Å². The Labute approximate surface area is 172 Å². The van der Waals surface area contributed by atoms with Crippen molar-refractivity contribution in [1.29, 1.82) is 0 Å². The number of aliphatic imine (C=N–C) groups is 1. The Morgan fingerprint density at radius 1 is 0.767 bits per heavy atom. The molecule has 30 heavy (non-hydrogen) atoms. The van der Waals surface area contributed by atoms with Gasteiger partial charge in [0.15, 0.2) is 0 Å². The highest BCUT2D eigenvalue weighted by atomic mass is 19.4. The van der Waals surface area contributed by atoms with Crippen LogP contribution in [0, 0.1) is 0 Å². The van der Waals surface area contributed by atoms with Crippen LogP contribution in [0.5, 0.6) is 0 Å². The minimum absolute atomic E-state index is 0.327. The second-order valence-electron chi connectivity index (χ2n) is 7.19. The molecular weight excluding hydrogens is 385 g/mol. The average molecular weight is 402 g/mol. The molecule has 0 spiro atoms. The van der Waals surface area contributed by atoms with Crippen LogP contribution in [0.3, 0.4) is 0 Å². The molecule has 4 aromatic rings. The van der Waals surface area contributed by atoms with Crippen molar-refractivity contribution in [3.05, 3.63) is 125 Å². The summed E-state index contributed by atoms with van der Waals surface area (Å²) < 4.78 is 42.1. The Kier molecular flexibility index (Phi) is 4.31. The van der Waals surface area contributed by atoms with E-state index in [0.717, 1.165) is 28.6 Å². The lowest BCUT2D eigenvalue weighted by atomic mass is 9.97. The number of nitrogens with zero attached hydrogens (tertiary/aromatic N) is 2. The van der Waals surface area contributed by atoms with Crippen molar-refractivity contribution >= 4 is 5.71 Å². The van der Waals surface area contributed by atoms with Gasteiger partial charge >= 0.3 is 6.18 Å². The number of para-hydroxylation sites is 1. The van der Waals surface area contributed by atoms with E-state index in [0.29, 0.717) is 11.3 Å². The standard InChI is InChI=1S/C25H17F3N2/c26-25(27,28)19-11-6-10-18(16-19)24-22-14-7-15-30(22)21-13-5-4-12-20(21)23(29-24)17-8-2-1-3-9-17/h1-16,23H. The van der Waals surface area contributed by atoms with E-state index in [2.05, 4.69) is 0 Å². The molecule has 1 aromatic heterocycles. The summed E-state index contributed by atoms with van der Waals surface area (Å²) in [6, 6.07) is 26.6. The van der Waals surface area contributed by atoms with Crippen LogP contribution in [0.1, 0.15) is 34.0 Å². The Balaban J connectivity index is 1.78. The largest absolute Gasteiger partial charge is 0.416 e. The maximum atomic E-state index is 13.4. The lowest BCUT2D eigenvalue weighted by Crippen LogP contribution is -2.11.